The zero-order valence-electron chi connectivity index (χ0n) is 13.7. The number of hydrogen-bond donors (Lipinski definition) is 1. The lowest BCUT2D eigenvalue weighted by atomic mass is 10.2. The van der Waals surface area contributed by atoms with E-state index >= 15 is 0 Å². The maximum Gasteiger partial charge on any atom is 0.239 e. The largest absolute Gasteiger partial charge is 0.489 e. The van der Waals surface area contributed by atoms with Crippen LogP contribution in [0.25, 0.3) is 0 Å². The number of rotatable bonds is 6. The summed E-state index contributed by atoms with van der Waals surface area (Å²) >= 11 is 0. The lowest BCUT2D eigenvalue weighted by Gasteiger charge is -2.12. The van der Waals surface area contributed by atoms with Gasteiger partial charge in [0.15, 0.2) is 0 Å². The molecule has 126 valence electrons. The average Bonchev–Trinajstić information content (AvgIpc) is 2.91. The number of likely N-dealkylation sites (tertiary alicyclic amines) is 1. The Balaban J connectivity index is 1.49. The summed E-state index contributed by atoms with van der Waals surface area (Å²) < 4.78 is 18.8. The normalized spacial score (nSPS) is 17.3. The van der Waals surface area contributed by atoms with Crippen LogP contribution in [0.3, 0.4) is 0 Å². The molecule has 1 atom stereocenters. The van der Waals surface area contributed by atoms with Crippen LogP contribution < -0.4 is 10.1 Å². The third-order valence-corrected chi connectivity index (χ3v) is 4.20. The van der Waals surface area contributed by atoms with Gasteiger partial charge >= 0.3 is 0 Å². The van der Waals surface area contributed by atoms with E-state index in [0.717, 1.165) is 29.8 Å². The Bertz CT molecular complexity index is 703. The third kappa shape index (κ3) is 4.11. The van der Waals surface area contributed by atoms with Crippen molar-refractivity contribution in [2.75, 3.05) is 13.6 Å². The van der Waals surface area contributed by atoms with Crippen LogP contribution in [0.1, 0.15) is 17.5 Å². The van der Waals surface area contributed by atoms with E-state index in [1.807, 2.05) is 37.4 Å². The molecular weight excluding hydrogens is 307 g/mol. The van der Waals surface area contributed by atoms with Crippen LogP contribution in [0.4, 0.5) is 4.39 Å². The highest BCUT2D eigenvalue weighted by Gasteiger charge is 2.28. The molecule has 0 radical (unpaired) electrons. The Kier molecular flexibility index (Phi) is 5.11. The summed E-state index contributed by atoms with van der Waals surface area (Å²) in [6.45, 7) is 1.79. The molecule has 2 aromatic rings. The molecule has 0 aliphatic carbocycles. The van der Waals surface area contributed by atoms with Crippen LogP contribution >= 0.6 is 0 Å². The molecule has 24 heavy (non-hydrogen) atoms. The van der Waals surface area contributed by atoms with Gasteiger partial charge in [0.25, 0.3) is 0 Å². The summed E-state index contributed by atoms with van der Waals surface area (Å²) in [5, 5.41) is 3.29. The number of halogens is 1. The smallest absolute Gasteiger partial charge is 0.239 e. The first-order valence-electron chi connectivity index (χ1n) is 8.06. The Morgan fingerprint density at radius 2 is 2.00 bits per heavy atom. The zero-order valence-corrected chi connectivity index (χ0v) is 13.7. The lowest BCUT2D eigenvalue weighted by Crippen LogP contribution is -2.36. The fourth-order valence-electron chi connectivity index (χ4n) is 2.75. The van der Waals surface area contributed by atoms with Crippen LogP contribution in [0.15, 0.2) is 48.5 Å². The van der Waals surface area contributed by atoms with Crippen molar-refractivity contribution in [2.24, 2.45) is 0 Å². The number of carbonyl (C=O) groups excluding carboxylic acids is 1. The van der Waals surface area contributed by atoms with Crippen molar-refractivity contribution in [3.63, 3.8) is 0 Å². The van der Waals surface area contributed by atoms with Crippen molar-refractivity contribution >= 4 is 5.91 Å². The Morgan fingerprint density at radius 3 is 2.67 bits per heavy atom. The molecule has 1 amide bonds. The fraction of sp³-hybridized carbons (Fsp3) is 0.316. The molecule has 0 bridgehead atoms. The molecule has 1 aliphatic rings. The van der Waals surface area contributed by atoms with Crippen molar-refractivity contribution in [3.05, 3.63) is 65.5 Å². The van der Waals surface area contributed by atoms with Gasteiger partial charge in [0.2, 0.25) is 5.91 Å². The second kappa shape index (κ2) is 7.45. The molecule has 3 rings (SSSR count). The number of hydrogen-bond acceptors (Lipinski definition) is 3. The highest BCUT2D eigenvalue weighted by Crippen LogP contribution is 2.16. The summed E-state index contributed by atoms with van der Waals surface area (Å²) in [6, 6.07) is 14.0. The maximum absolute atomic E-state index is 13.1. The lowest BCUT2D eigenvalue weighted by molar-refractivity contribution is -0.128. The van der Waals surface area contributed by atoms with Crippen LogP contribution in [0, 0.1) is 5.82 Å². The standard InChI is InChI=1S/C19H21FN2O2/c1-22-10-9-18(19(22)23)21-12-14-5-7-17(8-6-14)24-13-15-3-2-4-16(20)11-15/h2-8,11,18,21H,9-10,12-13H2,1H3/t18-/m0/s1. The molecule has 0 unspecified atom stereocenters. The van der Waals surface area contributed by atoms with E-state index in [9.17, 15) is 9.18 Å². The molecule has 4 nitrogen and oxygen atoms in total. The minimum Gasteiger partial charge on any atom is -0.489 e. The highest BCUT2D eigenvalue weighted by molar-refractivity contribution is 5.83. The quantitative estimate of drug-likeness (QED) is 0.886. The van der Waals surface area contributed by atoms with Gasteiger partial charge in [0.05, 0.1) is 6.04 Å². The first-order chi connectivity index (χ1) is 11.6. The van der Waals surface area contributed by atoms with E-state index in [-0.39, 0.29) is 17.8 Å². The second-order valence-electron chi connectivity index (χ2n) is 6.04. The first kappa shape index (κ1) is 16.5. The molecule has 0 saturated carbocycles. The number of amides is 1. The number of carbonyl (C=O) groups is 1. The number of ether oxygens (including phenoxy) is 1. The zero-order chi connectivity index (χ0) is 16.9. The van der Waals surface area contributed by atoms with Crippen molar-refractivity contribution in [3.8, 4) is 5.75 Å². The molecule has 5 heteroatoms. The van der Waals surface area contributed by atoms with Gasteiger partial charge < -0.3 is 15.0 Å². The summed E-state index contributed by atoms with van der Waals surface area (Å²) in [5.41, 5.74) is 1.89. The molecule has 1 N–H and O–H groups in total. The van der Waals surface area contributed by atoms with E-state index in [0.29, 0.717) is 13.2 Å². The maximum atomic E-state index is 13.1. The van der Waals surface area contributed by atoms with Gasteiger partial charge in [-0.3, -0.25) is 4.79 Å². The second-order valence-corrected chi connectivity index (χ2v) is 6.04. The Hall–Kier alpha value is -2.40. The minimum atomic E-state index is -0.260. The number of benzene rings is 2. The van der Waals surface area contributed by atoms with Gasteiger partial charge in [-0.2, -0.15) is 0 Å². The van der Waals surface area contributed by atoms with Crippen LogP contribution in [0.2, 0.25) is 0 Å². The van der Waals surface area contributed by atoms with E-state index in [2.05, 4.69) is 5.32 Å². The monoisotopic (exact) mass is 328 g/mol. The van der Waals surface area contributed by atoms with Crippen LogP contribution in [-0.4, -0.2) is 30.4 Å². The molecule has 2 aromatic carbocycles. The number of likely N-dealkylation sites (N-methyl/N-ethyl adjacent to an activating group) is 1. The van der Waals surface area contributed by atoms with Gasteiger partial charge in [0.1, 0.15) is 18.2 Å². The minimum absolute atomic E-state index is 0.0843. The van der Waals surface area contributed by atoms with Gasteiger partial charge in [-0.15, -0.1) is 0 Å². The summed E-state index contributed by atoms with van der Waals surface area (Å²) in [7, 11) is 1.83. The molecule has 1 aliphatic heterocycles. The molecular formula is C19H21FN2O2. The number of nitrogens with zero attached hydrogens (tertiary/aromatic N) is 1. The van der Waals surface area contributed by atoms with E-state index in [1.54, 1.807) is 11.0 Å². The van der Waals surface area contributed by atoms with Gasteiger partial charge in [-0.25, -0.2) is 4.39 Å². The van der Waals surface area contributed by atoms with Gasteiger partial charge in [-0.1, -0.05) is 24.3 Å². The SMILES string of the molecule is CN1CC[C@H](NCc2ccc(OCc3cccc(F)c3)cc2)C1=O. The topological polar surface area (TPSA) is 41.6 Å². The molecule has 0 spiro atoms. The molecule has 1 saturated heterocycles. The van der Waals surface area contributed by atoms with E-state index in [1.165, 1.54) is 12.1 Å². The predicted molar refractivity (Wildman–Crippen MR) is 90.1 cm³/mol. The Morgan fingerprint density at radius 1 is 1.21 bits per heavy atom. The van der Waals surface area contributed by atoms with Crippen molar-refractivity contribution < 1.29 is 13.9 Å². The van der Waals surface area contributed by atoms with Crippen molar-refractivity contribution in [1.82, 2.24) is 10.2 Å². The molecule has 1 fully saturated rings. The summed E-state index contributed by atoms with van der Waals surface area (Å²) in [4.78, 5) is 13.6. The fourth-order valence-corrected chi connectivity index (χ4v) is 2.75. The predicted octanol–water partition coefficient (Wildman–Crippen LogP) is 2.73. The highest BCUT2D eigenvalue weighted by atomic mass is 19.1. The van der Waals surface area contributed by atoms with E-state index in [4.69, 9.17) is 4.74 Å². The van der Waals surface area contributed by atoms with Crippen LogP contribution in [-0.2, 0) is 17.9 Å². The van der Waals surface area contributed by atoms with Crippen molar-refractivity contribution in [1.29, 1.82) is 0 Å². The van der Waals surface area contributed by atoms with Gasteiger partial charge in [0, 0.05) is 20.1 Å². The van der Waals surface area contributed by atoms with E-state index < -0.39 is 0 Å². The molecule has 1 heterocycles. The average molecular weight is 328 g/mol. The summed E-state index contributed by atoms with van der Waals surface area (Å²) in [6.07, 6.45) is 0.851. The van der Waals surface area contributed by atoms with Gasteiger partial charge in [-0.05, 0) is 41.8 Å². The Labute approximate surface area is 141 Å². The first-order valence-corrected chi connectivity index (χ1v) is 8.06. The summed E-state index contributed by atoms with van der Waals surface area (Å²) in [5.74, 6) is 0.634. The third-order valence-electron chi connectivity index (χ3n) is 4.20. The number of nitrogens with one attached hydrogen (secondary N) is 1. The molecule has 0 aromatic heterocycles. The van der Waals surface area contributed by atoms with Crippen LogP contribution in [0.5, 0.6) is 5.75 Å². The van der Waals surface area contributed by atoms with Crippen molar-refractivity contribution in [2.45, 2.75) is 25.6 Å².